The lowest BCUT2D eigenvalue weighted by Crippen LogP contribution is -2.62. The van der Waals surface area contributed by atoms with Crippen LogP contribution in [-0.2, 0) is 15.0 Å². The molecule has 1 rings (SSSR count). The molecule has 0 saturated heterocycles. The van der Waals surface area contributed by atoms with Gasteiger partial charge in [-0.1, -0.05) is 84.9 Å². The summed E-state index contributed by atoms with van der Waals surface area (Å²) in [4.78, 5) is 41.8. The molecule has 1 aromatic carbocycles. The van der Waals surface area contributed by atoms with Gasteiger partial charge in [0, 0.05) is 25.6 Å². The molecule has 0 aliphatic heterocycles. The van der Waals surface area contributed by atoms with E-state index in [2.05, 4.69) is 5.32 Å². The molecule has 0 bridgehead atoms. The van der Waals surface area contributed by atoms with Crippen molar-refractivity contribution in [2.75, 3.05) is 14.1 Å². The Hall–Kier alpha value is -3.34. The molecule has 3 amide bonds. The van der Waals surface area contributed by atoms with Crippen LogP contribution in [0.1, 0.15) is 54.0 Å². The molecular formula is C27H40N4O4. The van der Waals surface area contributed by atoms with Crippen molar-refractivity contribution < 1.29 is 19.5 Å². The minimum absolute atomic E-state index is 0.0350. The van der Waals surface area contributed by atoms with Crippen molar-refractivity contribution >= 4 is 17.9 Å². The lowest BCUT2D eigenvalue weighted by molar-refractivity contribution is -0.141. The number of nitrogens with one attached hydrogen (secondary N) is 1. The second-order valence-corrected chi connectivity index (χ2v) is 10.9. The number of allylic oxidation sites excluding steroid dienone is 1. The number of amides is 3. The molecule has 0 saturated carbocycles. The van der Waals surface area contributed by atoms with Crippen molar-refractivity contribution in [3.05, 3.63) is 48.0 Å². The number of nitriles is 1. The summed E-state index contributed by atoms with van der Waals surface area (Å²) < 4.78 is 0. The summed E-state index contributed by atoms with van der Waals surface area (Å²) in [5.74, 6) is -0.840. The van der Waals surface area contributed by atoms with Crippen molar-refractivity contribution in [1.29, 1.82) is 5.26 Å². The highest BCUT2D eigenvalue weighted by molar-refractivity contribution is 5.92. The van der Waals surface area contributed by atoms with Crippen LogP contribution in [0.4, 0.5) is 4.79 Å². The van der Waals surface area contributed by atoms with Gasteiger partial charge in [0.05, 0.1) is 12.1 Å². The molecule has 0 radical (unpaired) electrons. The van der Waals surface area contributed by atoms with Crippen LogP contribution in [0.5, 0.6) is 0 Å². The van der Waals surface area contributed by atoms with E-state index in [9.17, 15) is 19.5 Å². The average Bonchev–Trinajstić information content (AvgIpc) is 2.76. The van der Waals surface area contributed by atoms with E-state index in [1.165, 1.54) is 18.0 Å². The number of carboxylic acid groups (broad SMARTS) is 1. The van der Waals surface area contributed by atoms with Gasteiger partial charge in [-0.15, -0.1) is 0 Å². The standard InChI is InChI=1S/C27H40N4O4/c1-18(2)20(16-13-17-28)30(8)24(33)21(26(3,4)5)29-23(32)22(31(9)25(34)35)27(6,7)19-14-11-10-12-15-19/h10-16,18,20-22H,1-9H3,(H,29,32)(H,34,35)/b16-13+/t20-,21-,22-/m1/s1. The second-order valence-electron chi connectivity index (χ2n) is 10.9. The van der Waals surface area contributed by atoms with E-state index in [1.807, 2.05) is 84.9 Å². The van der Waals surface area contributed by atoms with Gasteiger partial charge in [0.2, 0.25) is 11.8 Å². The third kappa shape index (κ3) is 7.32. The van der Waals surface area contributed by atoms with E-state index in [4.69, 9.17) is 5.26 Å². The van der Waals surface area contributed by atoms with Gasteiger partial charge in [-0.05, 0) is 16.9 Å². The number of benzene rings is 1. The summed E-state index contributed by atoms with van der Waals surface area (Å²) in [5.41, 5.74) is -0.748. The van der Waals surface area contributed by atoms with Crippen LogP contribution in [0.3, 0.4) is 0 Å². The van der Waals surface area contributed by atoms with Gasteiger partial charge < -0.3 is 15.3 Å². The summed E-state index contributed by atoms with van der Waals surface area (Å²) in [6.45, 7) is 13.1. The van der Waals surface area contributed by atoms with E-state index in [0.717, 1.165) is 10.5 Å². The fourth-order valence-corrected chi connectivity index (χ4v) is 4.28. The maximum absolute atomic E-state index is 13.7. The number of carbonyl (C=O) groups is 3. The smallest absolute Gasteiger partial charge is 0.407 e. The molecule has 0 fully saturated rings. The first kappa shape index (κ1) is 29.7. The van der Waals surface area contributed by atoms with Crippen LogP contribution in [0.25, 0.3) is 0 Å². The molecule has 8 heteroatoms. The Balaban J connectivity index is 3.44. The Morgan fingerprint density at radius 2 is 1.57 bits per heavy atom. The van der Waals surface area contributed by atoms with Gasteiger partial charge in [0.15, 0.2) is 0 Å². The monoisotopic (exact) mass is 484 g/mol. The minimum atomic E-state index is -1.24. The molecule has 0 spiro atoms. The lowest BCUT2D eigenvalue weighted by Gasteiger charge is -2.41. The zero-order valence-corrected chi connectivity index (χ0v) is 22.4. The third-order valence-corrected chi connectivity index (χ3v) is 6.38. The molecule has 1 aromatic rings. The SMILES string of the molecule is CC(C)[C@@H](/C=C/C#N)N(C)C(=O)[C@@H](NC(=O)[C@@H](N(C)C(=O)O)C(C)(C)c1ccccc1)C(C)(C)C. The Bertz CT molecular complexity index is 958. The third-order valence-electron chi connectivity index (χ3n) is 6.38. The number of rotatable bonds is 9. The fourth-order valence-electron chi connectivity index (χ4n) is 4.28. The molecule has 2 N–H and O–H groups in total. The summed E-state index contributed by atoms with van der Waals surface area (Å²) in [5, 5.41) is 21.6. The Morgan fingerprint density at radius 3 is 2.00 bits per heavy atom. The van der Waals surface area contributed by atoms with Crippen LogP contribution < -0.4 is 5.32 Å². The van der Waals surface area contributed by atoms with E-state index in [-0.39, 0.29) is 17.9 Å². The van der Waals surface area contributed by atoms with Crippen LogP contribution in [0.15, 0.2) is 42.5 Å². The first-order valence-electron chi connectivity index (χ1n) is 11.7. The highest BCUT2D eigenvalue weighted by atomic mass is 16.4. The molecule has 0 aliphatic rings. The van der Waals surface area contributed by atoms with Crippen molar-refractivity contribution in [2.24, 2.45) is 11.3 Å². The molecular weight excluding hydrogens is 444 g/mol. The zero-order chi connectivity index (χ0) is 27.1. The van der Waals surface area contributed by atoms with E-state index >= 15 is 0 Å². The highest BCUT2D eigenvalue weighted by Crippen LogP contribution is 2.31. The van der Waals surface area contributed by atoms with Gasteiger partial charge in [0.25, 0.3) is 0 Å². The average molecular weight is 485 g/mol. The molecule has 0 aromatic heterocycles. The molecule has 0 heterocycles. The van der Waals surface area contributed by atoms with Crippen molar-refractivity contribution in [1.82, 2.24) is 15.1 Å². The fraction of sp³-hybridized carbons (Fsp3) is 0.556. The largest absolute Gasteiger partial charge is 0.465 e. The van der Waals surface area contributed by atoms with E-state index < -0.39 is 34.9 Å². The van der Waals surface area contributed by atoms with Gasteiger partial charge in [-0.3, -0.25) is 14.5 Å². The van der Waals surface area contributed by atoms with Crippen LogP contribution in [-0.4, -0.2) is 65.0 Å². The van der Waals surface area contributed by atoms with Crippen LogP contribution in [0.2, 0.25) is 0 Å². The number of carbonyl (C=O) groups excluding carboxylic acids is 2. The van der Waals surface area contributed by atoms with Gasteiger partial charge in [-0.25, -0.2) is 4.79 Å². The molecule has 192 valence electrons. The topological polar surface area (TPSA) is 114 Å². The molecule has 3 atom stereocenters. The van der Waals surface area contributed by atoms with Crippen molar-refractivity contribution in [2.45, 2.75) is 72.0 Å². The Morgan fingerprint density at radius 1 is 1.03 bits per heavy atom. The first-order chi connectivity index (χ1) is 16.1. The number of hydrogen-bond donors (Lipinski definition) is 2. The predicted molar refractivity (Wildman–Crippen MR) is 137 cm³/mol. The second kappa shape index (κ2) is 11.9. The highest BCUT2D eigenvalue weighted by Gasteiger charge is 2.45. The summed E-state index contributed by atoms with van der Waals surface area (Å²) >= 11 is 0. The number of likely N-dealkylation sites (N-methyl/N-ethyl adjacent to an activating group) is 2. The first-order valence-corrected chi connectivity index (χ1v) is 11.7. The number of hydrogen-bond acceptors (Lipinski definition) is 4. The quantitative estimate of drug-likeness (QED) is 0.514. The van der Waals surface area contributed by atoms with E-state index in [1.54, 1.807) is 13.1 Å². The maximum atomic E-state index is 13.7. The normalized spacial score (nSPS) is 14.7. The number of nitrogens with zero attached hydrogens (tertiary/aromatic N) is 3. The Labute approximate surface area is 209 Å². The summed E-state index contributed by atoms with van der Waals surface area (Å²) in [7, 11) is 3.01. The van der Waals surface area contributed by atoms with E-state index in [0.29, 0.717) is 0 Å². The lowest BCUT2D eigenvalue weighted by atomic mass is 9.76. The summed E-state index contributed by atoms with van der Waals surface area (Å²) in [6, 6.07) is 8.83. The summed E-state index contributed by atoms with van der Waals surface area (Å²) in [6.07, 6.45) is 1.77. The minimum Gasteiger partial charge on any atom is -0.465 e. The predicted octanol–water partition coefficient (Wildman–Crippen LogP) is 4.04. The zero-order valence-electron chi connectivity index (χ0n) is 22.4. The molecule has 0 unspecified atom stereocenters. The van der Waals surface area contributed by atoms with Crippen LogP contribution in [0, 0.1) is 22.7 Å². The van der Waals surface area contributed by atoms with Gasteiger partial charge in [0.1, 0.15) is 12.1 Å². The van der Waals surface area contributed by atoms with Crippen LogP contribution >= 0.6 is 0 Å². The molecule has 8 nitrogen and oxygen atoms in total. The van der Waals surface area contributed by atoms with Crippen molar-refractivity contribution in [3.8, 4) is 6.07 Å². The van der Waals surface area contributed by atoms with Gasteiger partial charge in [-0.2, -0.15) is 5.26 Å². The molecule has 35 heavy (non-hydrogen) atoms. The Kier molecular flexibility index (Phi) is 10.1. The van der Waals surface area contributed by atoms with Gasteiger partial charge >= 0.3 is 6.09 Å². The molecule has 0 aliphatic carbocycles. The van der Waals surface area contributed by atoms with Crippen molar-refractivity contribution in [3.63, 3.8) is 0 Å². The maximum Gasteiger partial charge on any atom is 0.407 e.